The summed E-state index contributed by atoms with van der Waals surface area (Å²) in [6.07, 6.45) is 4.95. The molecule has 0 saturated carbocycles. The predicted octanol–water partition coefficient (Wildman–Crippen LogP) is 0.860. The fraction of sp³-hybridized carbons (Fsp3) is 0.500. The van der Waals surface area contributed by atoms with E-state index < -0.39 is 0 Å². The van der Waals surface area contributed by atoms with Gasteiger partial charge in [-0.3, -0.25) is 4.79 Å². The summed E-state index contributed by atoms with van der Waals surface area (Å²) in [6, 6.07) is -0.345. The minimum absolute atomic E-state index is 0.141. The highest BCUT2D eigenvalue weighted by Gasteiger charge is 2.20. The highest BCUT2D eigenvalue weighted by atomic mass is 16.2. The maximum Gasteiger partial charge on any atom is 0.248 e. The van der Waals surface area contributed by atoms with Crippen LogP contribution in [0.5, 0.6) is 0 Å². The molecule has 71 valence electrons. The lowest BCUT2D eigenvalue weighted by Gasteiger charge is -2.13. The van der Waals surface area contributed by atoms with Gasteiger partial charge in [0, 0.05) is 12.0 Å². The minimum Gasteiger partial charge on any atom is -0.343 e. The average molecular weight is 180 g/mol. The van der Waals surface area contributed by atoms with Crippen molar-refractivity contribution in [2.75, 3.05) is 0 Å². The van der Waals surface area contributed by atoms with Gasteiger partial charge >= 0.3 is 0 Å². The molecule has 1 aliphatic carbocycles. The molecule has 3 heteroatoms. The number of nitrogens with one attached hydrogen (secondary N) is 1. The Labute approximate surface area is 78.2 Å². The predicted molar refractivity (Wildman–Crippen MR) is 49.8 cm³/mol. The van der Waals surface area contributed by atoms with E-state index >= 15 is 0 Å². The molecule has 1 rings (SSSR count). The standard InChI is InChI=1S/C10H14NO2/c1-7(2)5-9(6-12)11-10(13)8-3-4-8/h3-4,6-7,9H,5H2,1-2H3,(H,11,13). The average Bonchev–Trinajstić information content (AvgIpc) is 2.84. The Kier molecular flexibility index (Phi) is 3.23. The number of rotatable bonds is 5. The van der Waals surface area contributed by atoms with Crippen molar-refractivity contribution in [3.8, 4) is 0 Å². The molecule has 1 unspecified atom stereocenters. The molecule has 0 aromatic heterocycles. The number of hydrogen-bond donors (Lipinski definition) is 1. The zero-order valence-electron chi connectivity index (χ0n) is 7.91. The molecule has 1 amide bonds. The largest absolute Gasteiger partial charge is 0.343 e. The van der Waals surface area contributed by atoms with E-state index in [9.17, 15) is 9.59 Å². The molecule has 0 spiro atoms. The lowest BCUT2D eigenvalue weighted by molar-refractivity contribution is -0.120. The maximum atomic E-state index is 11.2. The van der Waals surface area contributed by atoms with Gasteiger partial charge in [0.2, 0.25) is 5.91 Å². The first kappa shape index (κ1) is 9.96. The van der Waals surface area contributed by atoms with Crippen LogP contribution < -0.4 is 5.32 Å². The molecule has 0 bridgehead atoms. The Morgan fingerprint density at radius 3 is 2.62 bits per heavy atom. The highest BCUT2D eigenvalue weighted by Crippen LogP contribution is 2.16. The second kappa shape index (κ2) is 4.21. The minimum atomic E-state index is -0.345. The molecule has 0 aromatic carbocycles. The van der Waals surface area contributed by atoms with Gasteiger partial charge in [0.1, 0.15) is 6.29 Å². The van der Waals surface area contributed by atoms with Crippen LogP contribution >= 0.6 is 0 Å². The fourth-order valence-corrected chi connectivity index (χ4v) is 1.10. The van der Waals surface area contributed by atoms with E-state index in [1.807, 2.05) is 13.8 Å². The summed E-state index contributed by atoms with van der Waals surface area (Å²) < 4.78 is 0. The van der Waals surface area contributed by atoms with Crippen molar-refractivity contribution >= 4 is 12.2 Å². The van der Waals surface area contributed by atoms with Crippen molar-refractivity contribution < 1.29 is 9.59 Å². The Hall–Kier alpha value is -1.12. The normalized spacial score (nSPS) is 16.4. The van der Waals surface area contributed by atoms with Gasteiger partial charge in [-0.05, 0) is 12.3 Å². The second-order valence-corrected chi connectivity index (χ2v) is 3.63. The topological polar surface area (TPSA) is 46.2 Å². The number of amides is 1. The van der Waals surface area contributed by atoms with E-state index in [0.29, 0.717) is 17.9 Å². The third kappa shape index (κ3) is 3.40. The maximum absolute atomic E-state index is 11.2. The zero-order valence-corrected chi connectivity index (χ0v) is 7.91. The van der Waals surface area contributed by atoms with Gasteiger partial charge < -0.3 is 10.1 Å². The van der Waals surface area contributed by atoms with Crippen LogP contribution in [0.15, 0.2) is 11.6 Å². The molecule has 1 aliphatic rings. The Bertz CT molecular complexity index is 243. The summed E-state index contributed by atoms with van der Waals surface area (Å²) in [5.41, 5.74) is 0.676. The van der Waals surface area contributed by atoms with Crippen LogP contribution in [0.3, 0.4) is 0 Å². The molecule has 0 aliphatic heterocycles. The molecule has 13 heavy (non-hydrogen) atoms. The highest BCUT2D eigenvalue weighted by molar-refractivity contribution is 6.02. The SMILES string of the molecule is CC(C)CC(C=O)NC(=O)C1=C[CH]1. The van der Waals surface area contributed by atoms with Gasteiger partial charge in [0.05, 0.1) is 6.04 Å². The van der Waals surface area contributed by atoms with Crippen LogP contribution in [0.4, 0.5) is 0 Å². The zero-order chi connectivity index (χ0) is 9.84. The van der Waals surface area contributed by atoms with Gasteiger partial charge in [0.15, 0.2) is 0 Å². The van der Waals surface area contributed by atoms with Crippen LogP contribution in [0.25, 0.3) is 0 Å². The number of hydrogen-bond acceptors (Lipinski definition) is 2. The number of aldehydes is 1. The molecule has 3 nitrogen and oxygen atoms in total. The molecule has 0 heterocycles. The summed E-state index contributed by atoms with van der Waals surface area (Å²) in [7, 11) is 0. The summed E-state index contributed by atoms with van der Waals surface area (Å²) in [5, 5.41) is 2.65. The van der Waals surface area contributed by atoms with Gasteiger partial charge in [-0.25, -0.2) is 0 Å². The summed E-state index contributed by atoms with van der Waals surface area (Å²) in [4.78, 5) is 21.8. The van der Waals surface area contributed by atoms with E-state index in [4.69, 9.17) is 0 Å². The van der Waals surface area contributed by atoms with Gasteiger partial charge in [-0.2, -0.15) is 0 Å². The monoisotopic (exact) mass is 180 g/mol. The van der Waals surface area contributed by atoms with Crippen LogP contribution in [-0.2, 0) is 9.59 Å². The molecule has 0 aromatic rings. The summed E-state index contributed by atoms with van der Waals surface area (Å²) in [6.45, 7) is 4.04. The Morgan fingerprint density at radius 1 is 1.62 bits per heavy atom. The lowest BCUT2D eigenvalue weighted by atomic mass is 10.0. The van der Waals surface area contributed by atoms with E-state index in [1.54, 1.807) is 12.5 Å². The number of allylic oxidation sites excluding steroid dienone is 1. The molecule has 1 radical (unpaired) electrons. The summed E-state index contributed by atoms with van der Waals surface area (Å²) in [5.74, 6) is 0.269. The molecule has 1 atom stereocenters. The second-order valence-electron chi connectivity index (χ2n) is 3.63. The first-order valence-corrected chi connectivity index (χ1v) is 4.44. The van der Waals surface area contributed by atoms with Crippen LogP contribution in [-0.4, -0.2) is 18.2 Å². The quantitative estimate of drug-likeness (QED) is 0.638. The van der Waals surface area contributed by atoms with Crippen molar-refractivity contribution in [3.05, 3.63) is 18.1 Å². The Balaban J connectivity index is 2.34. The van der Waals surface area contributed by atoms with Crippen LogP contribution in [0.1, 0.15) is 20.3 Å². The van der Waals surface area contributed by atoms with Crippen molar-refractivity contribution in [3.63, 3.8) is 0 Å². The van der Waals surface area contributed by atoms with E-state index in [1.165, 1.54) is 0 Å². The van der Waals surface area contributed by atoms with Crippen LogP contribution in [0, 0.1) is 12.3 Å². The van der Waals surface area contributed by atoms with Crippen molar-refractivity contribution in [1.29, 1.82) is 0 Å². The first-order valence-electron chi connectivity index (χ1n) is 4.44. The molecule has 0 fully saturated rings. The van der Waals surface area contributed by atoms with Crippen LogP contribution in [0.2, 0.25) is 0 Å². The number of carbonyl (C=O) groups is 2. The third-order valence-corrected chi connectivity index (χ3v) is 1.80. The van der Waals surface area contributed by atoms with E-state index in [0.717, 1.165) is 6.29 Å². The van der Waals surface area contributed by atoms with Gasteiger partial charge in [-0.15, -0.1) is 0 Å². The fourth-order valence-electron chi connectivity index (χ4n) is 1.10. The van der Waals surface area contributed by atoms with E-state index in [2.05, 4.69) is 5.32 Å². The molecule has 0 saturated heterocycles. The van der Waals surface area contributed by atoms with Gasteiger partial charge in [0.25, 0.3) is 0 Å². The lowest BCUT2D eigenvalue weighted by Crippen LogP contribution is -2.36. The van der Waals surface area contributed by atoms with E-state index in [-0.39, 0.29) is 11.9 Å². The summed E-state index contributed by atoms with van der Waals surface area (Å²) >= 11 is 0. The van der Waals surface area contributed by atoms with Crippen molar-refractivity contribution in [2.45, 2.75) is 26.3 Å². The Morgan fingerprint density at radius 2 is 2.23 bits per heavy atom. The van der Waals surface area contributed by atoms with Gasteiger partial charge in [-0.1, -0.05) is 19.9 Å². The van der Waals surface area contributed by atoms with Crippen molar-refractivity contribution in [2.24, 2.45) is 5.92 Å². The van der Waals surface area contributed by atoms with Crippen molar-refractivity contribution in [1.82, 2.24) is 5.32 Å². The smallest absolute Gasteiger partial charge is 0.248 e. The number of carbonyl (C=O) groups excluding carboxylic acids is 2. The molecular weight excluding hydrogens is 166 g/mol. The molecular formula is C10H14NO2. The molecule has 1 N–H and O–H groups in total. The third-order valence-electron chi connectivity index (χ3n) is 1.80. The first-order chi connectivity index (χ1) is 6.13.